The van der Waals surface area contributed by atoms with Crippen LogP contribution < -0.4 is 10.5 Å². The van der Waals surface area contributed by atoms with Gasteiger partial charge in [-0.1, -0.05) is 114 Å². The molecule has 5 rings (SSSR count). The van der Waals surface area contributed by atoms with Gasteiger partial charge in [-0.25, -0.2) is 9.97 Å². The lowest BCUT2D eigenvalue weighted by Crippen LogP contribution is -2.32. The van der Waals surface area contributed by atoms with Crippen LogP contribution in [0.15, 0.2) is 107 Å². The Morgan fingerprint density at radius 2 is 1.51 bits per heavy atom. The zero-order valence-electron chi connectivity index (χ0n) is 20.1. The van der Waals surface area contributed by atoms with Gasteiger partial charge in [0.15, 0.2) is 10.3 Å². The third-order valence-corrected chi connectivity index (χ3v) is 7.58. The summed E-state index contributed by atoms with van der Waals surface area (Å²) in [5.41, 5.74) is 4.26. The highest BCUT2D eigenvalue weighted by molar-refractivity contribution is 7.99. The number of aromatic nitrogens is 3. The number of aromatic amines is 1. The number of rotatable bonds is 8. The second-order valence-corrected chi connectivity index (χ2v) is 10.3. The molecule has 0 bridgehead atoms. The van der Waals surface area contributed by atoms with E-state index >= 15 is 0 Å². The molecule has 2 aromatic heterocycles. The highest BCUT2D eigenvalue weighted by atomic mass is 32.2. The van der Waals surface area contributed by atoms with Crippen molar-refractivity contribution in [3.63, 3.8) is 0 Å². The van der Waals surface area contributed by atoms with Gasteiger partial charge in [0.1, 0.15) is 0 Å². The molecule has 8 heteroatoms. The number of anilines is 1. The number of thioether (sulfide) groups is 1. The fraction of sp³-hybridized carbons (Fsp3) is 0.103. The molecule has 0 unspecified atom stereocenters. The molecule has 1 N–H and O–H groups in total. The molecule has 5 aromatic rings. The zero-order chi connectivity index (χ0) is 25.6. The van der Waals surface area contributed by atoms with Crippen molar-refractivity contribution in [3.8, 4) is 21.7 Å². The number of hydrogen-bond donors (Lipinski definition) is 1. The lowest BCUT2D eigenvalue weighted by atomic mass is 10.1. The maximum Gasteiger partial charge on any atom is 0.251 e. The fourth-order valence-electron chi connectivity index (χ4n) is 3.86. The van der Waals surface area contributed by atoms with Gasteiger partial charge in [-0.2, -0.15) is 0 Å². The number of aryl methyl sites for hydroxylation is 1. The van der Waals surface area contributed by atoms with Crippen molar-refractivity contribution in [2.24, 2.45) is 0 Å². The highest BCUT2D eigenvalue weighted by Gasteiger charge is 2.24. The van der Waals surface area contributed by atoms with E-state index in [1.165, 1.54) is 29.2 Å². The lowest BCUT2D eigenvalue weighted by Gasteiger charge is -2.20. The van der Waals surface area contributed by atoms with Crippen LogP contribution >= 0.6 is 23.1 Å². The van der Waals surface area contributed by atoms with Crippen LogP contribution in [0.1, 0.15) is 11.3 Å². The van der Waals surface area contributed by atoms with E-state index in [1.807, 2.05) is 78.9 Å². The minimum Gasteiger partial charge on any atom is -0.301 e. The first-order valence-corrected chi connectivity index (χ1v) is 13.5. The minimum absolute atomic E-state index is 0.111. The normalized spacial score (nSPS) is 10.8. The molecule has 0 fully saturated rings. The van der Waals surface area contributed by atoms with Crippen molar-refractivity contribution < 1.29 is 4.79 Å². The molecule has 0 aliphatic carbocycles. The summed E-state index contributed by atoms with van der Waals surface area (Å²) in [7, 11) is 0. The first-order chi connectivity index (χ1) is 18.1. The molecule has 0 aliphatic heterocycles. The van der Waals surface area contributed by atoms with Gasteiger partial charge in [-0.3, -0.25) is 14.5 Å². The molecular weight excluding hydrogens is 500 g/mol. The SMILES string of the molecule is Cc1cc(=O)[nH]c(SCC(=O)N(Cc2ccccc2)c2nc(-c3ccccc3)c(-c3ccccc3)s2)n1. The Bertz CT molecular complexity index is 1490. The molecule has 0 aliphatic rings. The summed E-state index contributed by atoms with van der Waals surface area (Å²) in [5, 5.41) is 1.05. The van der Waals surface area contributed by atoms with Gasteiger partial charge in [-0.05, 0) is 18.1 Å². The van der Waals surface area contributed by atoms with Crippen molar-refractivity contribution >= 4 is 34.1 Å². The number of benzene rings is 3. The van der Waals surface area contributed by atoms with Crippen LogP contribution in [-0.2, 0) is 11.3 Å². The fourth-order valence-corrected chi connectivity index (χ4v) is 5.77. The molecule has 0 spiro atoms. The van der Waals surface area contributed by atoms with Crippen molar-refractivity contribution in [1.29, 1.82) is 0 Å². The summed E-state index contributed by atoms with van der Waals surface area (Å²) in [5.74, 6) is -0.00820. The van der Waals surface area contributed by atoms with Crippen molar-refractivity contribution in [1.82, 2.24) is 15.0 Å². The average Bonchev–Trinajstić information content (AvgIpc) is 3.37. The van der Waals surface area contributed by atoms with Gasteiger partial charge in [0.25, 0.3) is 5.56 Å². The molecular formula is C29H24N4O2S2. The van der Waals surface area contributed by atoms with Crippen LogP contribution in [0.4, 0.5) is 5.13 Å². The second kappa shape index (κ2) is 11.4. The van der Waals surface area contributed by atoms with Crippen LogP contribution in [0.5, 0.6) is 0 Å². The number of nitrogens with zero attached hydrogens (tertiary/aromatic N) is 3. The number of amides is 1. The third kappa shape index (κ3) is 6.04. The van der Waals surface area contributed by atoms with Crippen LogP contribution in [0.25, 0.3) is 21.7 Å². The summed E-state index contributed by atoms with van der Waals surface area (Å²) in [6.07, 6.45) is 0. The summed E-state index contributed by atoms with van der Waals surface area (Å²) >= 11 is 2.71. The van der Waals surface area contributed by atoms with E-state index in [4.69, 9.17) is 4.98 Å². The third-order valence-electron chi connectivity index (χ3n) is 5.59. The Balaban J connectivity index is 1.53. The molecule has 0 saturated heterocycles. The van der Waals surface area contributed by atoms with Gasteiger partial charge in [0.05, 0.1) is 22.9 Å². The van der Waals surface area contributed by atoms with E-state index in [0.717, 1.165) is 27.3 Å². The van der Waals surface area contributed by atoms with Gasteiger partial charge in [0.2, 0.25) is 5.91 Å². The van der Waals surface area contributed by atoms with E-state index in [0.29, 0.717) is 22.5 Å². The summed E-state index contributed by atoms with van der Waals surface area (Å²) in [4.78, 5) is 40.3. The number of H-pyrrole nitrogens is 1. The number of carbonyl (C=O) groups is 1. The molecule has 2 heterocycles. The molecule has 6 nitrogen and oxygen atoms in total. The van der Waals surface area contributed by atoms with Gasteiger partial charge in [-0.15, -0.1) is 0 Å². The predicted molar refractivity (Wildman–Crippen MR) is 151 cm³/mol. The molecule has 0 radical (unpaired) electrons. The quantitative estimate of drug-likeness (QED) is 0.193. The smallest absolute Gasteiger partial charge is 0.251 e. The van der Waals surface area contributed by atoms with Crippen LogP contribution in [-0.4, -0.2) is 26.6 Å². The number of thiazole rings is 1. The molecule has 3 aromatic carbocycles. The standard InChI is InChI=1S/C29H24N4O2S2/c1-20-17-24(34)31-28(30-20)36-19-25(35)33(18-21-11-5-2-6-12-21)29-32-26(22-13-7-3-8-14-22)27(37-29)23-15-9-4-10-16-23/h2-17H,18-19H2,1H3,(H,30,31,34). The Labute approximate surface area is 223 Å². The Morgan fingerprint density at radius 3 is 2.16 bits per heavy atom. The monoisotopic (exact) mass is 524 g/mol. The summed E-state index contributed by atoms with van der Waals surface area (Å²) < 4.78 is 0. The summed E-state index contributed by atoms with van der Waals surface area (Å²) in [6, 6.07) is 31.4. The highest BCUT2D eigenvalue weighted by Crippen LogP contribution is 2.40. The Morgan fingerprint density at radius 1 is 0.892 bits per heavy atom. The molecule has 184 valence electrons. The van der Waals surface area contributed by atoms with E-state index in [-0.39, 0.29) is 17.2 Å². The van der Waals surface area contributed by atoms with Crippen molar-refractivity contribution in [2.45, 2.75) is 18.6 Å². The topological polar surface area (TPSA) is 79.0 Å². The minimum atomic E-state index is -0.233. The van der Waals surface area contributed by atoms with Crippen molar-refractivity contribution in [2.75, 3.05) is 10.7 Å². The van der Waals surface area contributed by atoms with Crippen LogP contribution in [0.2, 0.25) is 0 Å². The van der Waals surface area contributed by atoms with Gasteiger partial charge >= 0.3 is 0 Å². The largest absolute Gasteiger partial charge is 0.301 e. The van der Waals surface area contributed by atoms with E-state index in [9.17, 15) is 9.59 Å². The molecule has 37 heavy (non-hydrogen) atoms. The maximum atomic E-state index is 13.6. The van der Waals surface area contributed by atoms with E-state index < -0.39 is 0 Å². The van der Waals surface area contributed by atoms with E-state index in [2.05, 4.69) is 22.1 Å². The van der Waals surface area contributed by atoms with Gasteiger partial charge < -0.3 is 4.98 Å². The Hall–Kier alpha value is -4.01. The lowest BCUT2D eigenvalue weighted by molar-refractivity contribution is -0.116. The van der Waals surface area contributed by atoms with Crippen LogP contribution in [0.3, 0.4) is 0 Å². The number of carbonyl (C=O) groups excluding carboxylic acids is 1. The number of hydrogen-bond acceptors (Lipinski definition) is 6. The number of nitrogens with one attached hydrogen (secondary N) is 1. The Kier molecular flexibility index (Phi) is 7.58. The average molecular weight is 525 g/mol. The predicted octanol–water partition coefficient (Wildman–Crippen LogP) is 6.19. The zero-order valence-corrected chi connectivity index (χ0v) is 21.8. The van der Waals surface area contributed by atoms with Crippen LogP contribution in [0, 0.1) is 6.92 Å². The molecule has 1 amide bonds. The van der Waals surface area contributed by atoms with Gasteiger partial charge in [0, 0.05) is 17.3 Å². The first-order valence-electron chi connectivity index (χ1n) is 11.7. The van der Waals surface area contributed by atoms with Crippen molar-refractivity contribution in [3.05, 3.63) is 119 Å². The maximum absolute atomic E-state index is 13.6. The first kappa shape index (κ1) is 24.7. The molecule has 0 saturated carbocycles. The second-order valence-electron chi connectivity index (χ2n) is 8.35. The summed E-state index contributed by atoms with van der Waals surface area (Å²) in [6.45, 7) is 2.14. The molecule has 0 atom stereocenters. The van der Waals surface area contributed by atoms with E-state index in [1.54, 1.807) is 11.8 Å².